The van der Waals surface area contributed by atoms with E-state index in [9.17, 15) is 0 Å². The summed E-state index contributed by atoms with van der Waals surface area (Å²) in [7, 11) is 0. The molecule has 15 heavy (non-hydrogen) atoms. The first kappa shape index (κ1) is 9.04. The lowest BCUT2D eigenvalue weighted by Gasteiger charge is -2.56. The highest BCUT2D eigenvalue weighted by Crippen LogP contribution is 2.58. The predicted octanol–water partition coefficient (Wildman–Crippen LogP) is 2.80. The molecule has 0 aromatic carbocycles. The van der Waals surface area contributed by atoms with Crippen LogP contribution in [-0.2, 0) is 0 Å². The second-order valence-electron chi connectivity index (χ2n) is 6.92. The molecular formula is C14H23N. The van der Waals surface area contributed by atoms with Crippen LogP contribution in [0.3, 0.4) is 0 Å². The summed E-state index contributed by atoms with van der Waals surface area (Å²) in [5.74, 6) is 6.15. The topological polar surface area (TPSA) is 26.0 Å². The summed E-state index contributed by atoms with van der Waals surface area (Å²) in [6, 6.07) is 0.583. The average Bonchev–Trinajstić information content (AvgIpc) is 2.98. The van der Waals surface area contributed by atoms with Crippen molar-refractivity contribution in [1.29, 1.82) is 0 Å². The van der Waals surface area contributed by atoms with Gasteiger partial charge in [-0.3, -0.25) is 0 Å². The Morgan fingerprint density at radius 3 is 1.80 bits per heavy atom. The highest BCUT2D eigenvalue weighted by Gasteiger charge is 2.51. The van der Waals surface area contributed by atoms with Gasteiger partial charge in [-0.15, -0.1) is 0 Å². The van der Waals surface area contributed by atoms with E-state index in [-0.39, 0.29) is 0 Å². The van der Waals surface area contributed by atoms with Gasteiger partial charge >= 0.3 is 0 Å². The normalized spacial score (nSPS) is 54.6. The van der Waals surface area contributed by atoms with Crippen LogP contribution in [0.4, 0.5) is 0 Å². The minimum atomic E-state index is 0.583. The molecule has 0 aromatic rings. The Balaban J connectivity index is 1.59. The Morgan fingerprint density at radius 2 is 1.33 bits per heavy atom. The summed E-state index contributed by atoms with van der Waals surface area (Å²) >= 11 is 0. The van der Waals surface area contributed by atoms with Crippen LogP contribution in [0.2, 0.25) is 0 Å². The van der Waals surface area contributed by atoms with E-state index >= 15 is 0 Å². The van der Waals surface area contributed by atoms with Gasteiger partial charge in [0.25, 0.3) is 0 Å². The molecule has 5 aliphatic carbocycles. The quantitative estimate of drug-likeness (QED) is 0.737. The standard InChI is InChI=1S/C14H23N/c15-14(10-1-2-10)13-11-4-8-3-9(6-11)7-12(13)5-8/h8-14H,1-7,15H2. The molecule has 0 saturated heterocycles. The molecule has 0 aromatic heterocycles. The number of hydrogen-bond donors (Lipinski definition) is 1. The van der Waals surface area contributed by atoms with Gasteiger partial charge in [-0.25, -0.2) is 0 Å². The van der Waals surface area contributed by atoms with Crippen LogP contribution in [0.25, 0.3) is 0 Å². The second-order valence-corrected chi connectivity index (χ2v) is 6.92. The SMILES string of the molecule is NC(C1CC1)C1C2CC3CC(C2)CC1C3. The van der Waals surface area contributed by atoms with Crippen molar-refractivity contribution in [2.24, 2.45) is 41.2 Å². The van der Waals surface area contributed by atoms with Crippen molar-refractivity contribution in [3.05, 3.63) is 0 Å². The molecule has 5 rings (SSSR count). The van der Waals surface area contributed by atoms with E-state index in [1.807, 2.05) is 0 Å². The zero-order chi connectivity index (χ0) is 9.99. The molecule has 2 N–H and O–H groups in total. The van der Waals surface area contributed by atoms with Crippen LogP contribution in [-0.4, -0.2) is 6.04 Å². The van der Waals surface area contributed by atoms with Crippen molar-refractivity contribution >= 4 is 0 Å². The molecule has 0 spiro atoms. The van der Waals surface area contributed by atoms with Crippen LogP contribution in [0.1, 0.15) is 44.9 Å². The Labute approximate surface area is 92.8 Å². The monoisotopic (exact) mass is 205 g/mol. The summed E-state index contributed by atoms with van der Waals surface area (Å²) in [5, 5.41) is 0. The Bertz CT molecular complexity index is 241. The fraction of sp³-hybridized carbons (Fsp3) is 1.00. The first-order valence-corrected chi connectivity index (χ1v) is 7.07. The van der Waals surface area contributed by atoms with Gasteiger partial charge in [-0.1, -0.05) is 0 Å². The second kappa shape index (κ2) is 3.00. The molecular weight excluding hydrogens is 182 g/mol. The molecule has 1 heteroatoms. The van der Waals surface area contributed by atoms with Gasteiger partial charge in [0.15, 0.2) is 0 Å². The molecule has 4 bridgehead atoms. The summed E-state index contributed by atoms with van der Waals surface area (Å²) < 4.78 is 0. The van der Waals surface area contributed by atoms with Gasteiger partial charge in [-0.05, 0) is 80.5 Å². The van der Waals surface area contributed by atoms with Crippen molar-refractivity contribution in [2.75, 3.05) is 0 Å². The third-order valence-corrected chi connectivity index (χ3v) is 5.91. The molecule has 5 fully saturated rings. The fourth-order valence-electron chi connectivity index (χ4n) is 5.39. The molecule has 1 nitrogen and oxygen atoms in total. The summed E-state index contributed by atoms with van der Waals surface area (Å²) in [4.78, 5) is 0. The molecule has 0 aliphatic heterocycles. The Kier molecular flexibility index (Phi) is 1.81. The first-order chi connectivity index (χ1) is 7.31. The molecule has 0 radical (unpaired) electrons. The zero-order valence-electron chi connectivity index (χ0n) is 9.57. The van der Waals surface area contributed by atoms with Gasteiger partial charge in [0.05, 0.1) is 0 Å². The molecule has 1 unspecified atom stereocenters. The maximum atomic E-state index is 6.50. The van der Waals surface area contributed by atoms with E-state index in [0.717, 1.165) is 35.5 Å². The van der Waals surface area contributed by atoms with Crippen LogP contribution < -0.4 is 5.73 Å². The van der Waals surface area contributed by atoms with Crippen molar-refractivity contribution < 1.29 is 0 Å². The van der Waals surface area contributed by atoms with Gasteiger partial charge in [-0.2, -0.15) is 0 Å². The maximum Gasteiger partial charge on any atom is 0.0101 e. The molecule has 5 aliphatic rings. The Morgan fingerprint density at radius 1 is 0.800 bits per heavy atom. The van der Waals surface area contributed by atoms with E-state index in [1.165, 1.54) is 38.5 Å². The molecule has 0 heterocycles. The van der Waals surface area contributed by atoms with Gasteiger partial charge in [0.2, 0.25) is 0 Å². The van der Waals surface area contributed by atoms with Gasteiger partial charge in [0, 0.05) is 6.04 Å². The van der Waals surface area contributed by atoms with Crippen molar-refractivity contribution in [3.63, 3.8) is 0 Å². The summed E-state index contributed by atoms with van der Waals surface area (Å²) in [6.07, 6.45) is 10.6. The third-order valence-electron chi connectivity index (χ3n) is 5.91. The highest BCUT2D eigenvalue weighted by atomic mass is 14.7. The fourth-order valence-corrected chi connectivity index (χ4v) is 5.39. The molecule has 5 saturated carbocycles. The maximum absolute atomic E-state index is 6.50. The smallest absolute Gasteiger partial charge is 0.0101 e. The van der Waals surface area contributed by atoms with E-state index in [0.29, 0.717) is 6.04 Å². The third kappa shape index (κ3) is 1.32. The van der Waals surface area contributed by atoms with E-state index in [2.05, 4.69) is 0 Å². The molecule has 0 amide bonds. The van der Waals surface area contributed by atoms with Crippen molar-refractivity contribution in [1.82, 2.24) is 0 Å². The van der Waals surface area contributed by atoms with Crippen LogP contribution in [0.5, 0.6) is 0 Å². The lowest BCUT2D eigenvalue weighted by Crippen LogP contribution is -2.52. The lowest BCUT2D eigenvalue weighted by atomic mass is 9.50. The zero-order valence-corrected chi connectivity index (χ0v) is 9.57. The number of nitrogens with two attached hydrogens (primary N) is 1. The molecule has 84 valence electrons. The van der Waals surface area contributed by atoms with E-state index < -0.39 is 0 Å². The van der Waals surface area contributed by atoms with Crippen molar-refractivity contribution in [3.8, 4) is 0 Å². The van der Waals surface area contributed by atoms with Crippen molar-refractivity contribution in [2.45, 2.75) is 51.0 Å². The van der Waals surface area contributed by atoms with Gasteiger partial charge in [0.1, 0.15) is 0 Å². The van der Waals surface area contributed by atoms with E-state index in [4.69, 9.17) is 5.73 Å². The van der Waals surface area contributed by atoms with Crippen LogP contribution >= 0.6 is 0 Å². The van der Waals surface area contributed by atoms with E-state index in [1.54, 1.807) is 6.42 Å². The largest absolute Gasteiger partial charge is 0.327 e. The number of hydrogen-bond acceptors (Lipinski definition) is 1. The van der Waals surface area contributed by atoms with Crippen LogP contribution in [0.15, 0.2) is 0 Å². The minimum Gasteiger partial charge on any atom is -0.327 e. The average molecular weight is 205 g/mol. The lowest BCUT2D eigenvalue weighted by molar-refractivity contribution is -0.0493. The Hall–Kier alpha value is -0.0400. The predicted molar refractivity (Wildman–Crippen MR) is 61.2 cm³/mol. The van der Waals surface area contributed by atoms with Crippen LogP contribution in [0, 0.1) is 35.5 Å². The summed E-state index contributed by atoms with van der Waals surface area (Å²) in [6.45, 7) is 0. The number of rotatable bonds is 2. The summed E-state index contributed by atoms with van der Waals surface area (Å²) in [5.41, 5.74) is 6.50. The highest BCUT2D eigenvalue weighted by molar-refractivity contribution is 5.03. The van der Waals surface area contributed by atoms with Gasteiger partial charge < -0.3 is 5.73 Å². The first-order valence-electron chi connectivity index (χ1n) is 7.07. The minimum absolute atomic E-state index is 0.583. The molecule has 1 atom stereocenters.